The molecule has 0 saturated carbocycles. The van der Waals surface area contributed by atoms with Gasteiger partial charge in [-0.15, -0.1) is 0 Å². The molecule has 0 radical (unpaired) electrons. The van der Waals surface area contributed by atoms with Gasteiger partial charge in [0.2, 0.25) is 0 Å². The fraction of sp³-hybridized carbons (Fsp3) is 0.722. The maximum absolute atomic E-state index is 10.2. The Kier molecular flexibility index (Phi) is 3.92. The van der Waals surface area contributed by atoms with E-state index in [2.05, 4.69) is 39.6 Å². The average Bonchev–Trinajstić information content (AvgIpc) is 2.85. The molecule has 0 aromatic carbocycles. The van der Waals surface area contributed by atoms with Crippen LogP contribution in [0.1, 0.15) is 25.8 Å². The van der Waals surface area contributed by atoms with Crippen LogP contribution < -0.4 is 0 Å². The molecule has 126 valence electrons. The first kappa shape index (κ1) is 15.5. The van der Waals surface area contributed by atoms with Crippen LogP contribution in [0.4, 0.5) is 0 Å². The number of piperazine rings is 1. The highest BCUT2D eigenvalue weighted by Gasteiger charge is 2.56. The van der Waals surface area contributed by atoms with E-state index in [1.807, 2.05) is 18.5 Å². The maximum atomic E-state index is 10.2. The molecule has 0 aliphatic carbocycles. The monoisotopic (exact) mass is 316 g/mol. The van der Waals surface area contributed by atoms with Crippen molar-refractivity contribution in [1.29, 1.82) is 0 Å². The lowest BCUT2D eigenvalue weighted by Gasteiger charge is -2.62. The van der Waals surface area contributed by atoms with Gasteiger partial charge in [-0.1, -0.05) is 6.07 Å². The lowest BCUT2D eigenvalue weighted by atomic mass is 9.82. The smallest absolute Gasteiger partial charge is 0.0682 e. The summed E-state index contributed by atoms with van der Waals surface area (Å²) in [5.41, 5.74) is 1.53. The first-order chi connectivity index (χ1) is 11.1. The lowest BCUT2D eigenvalue weighted by Crippen LogP contribution is -2.78. The molecule has 5 heteroatoms. The molecular weight excluding hydrogens is 288 g/mol. The summed E-state index contributed by atoms with van der Waals surface area (Å²) in [6.45, 7) is 10.8. The van der Waals surface area contributed by atoms with Crippen molar-refractivity contribution >= 4 is 0 Å². The van der Waals surface area contributed by atoms with Crippen molar-refractivity contribution in [2.45, 2.75) is 50.5 Å². The minimum Gasteiger partial charge on any atom is -0.392 e. The Hall–Kier alpha value is -1.01. The second-order valence-corrected chi connectivity index (χ2v) is 7.95. The topological polar surface area (TPSA) is 42.8 Å². The van der Waals surface area contributed by atoms with E-state index in [0.29, 0.717) is 12.1 Å². The third-order valence-electron chi connectivity index (χ3n) is 5.84. The van der Waals surface area contributed by atoms with Crippen LogP contribution in [0.25, 0.3) is 0 Å². The molecule has 3 fully saturated rings. The summed E-state index contributed by atoms with van der Waals surface area (Å²) in [5.74, 6) is 0. The van der Waals surface area contributed by atoms with Gasteiger partial charge in [0.1, 0.15) is 0 Å². The summed E-state index contributed by atoms with van der Waals surface area (Å²) >= 11 is 0. The second kappa shape index (κ2) is 5.81. The van der Waals surface area contributed by atoms with Gasteiger partial charge >= 0.3 is 0 Å². The molecule has 23 heavy (non-hydrogen) atoms. The van der Waals surface area contributed by atoms with Crippen LogP contribution in [0.2, 0.25) is 0 Å². The van der Waals surface area contributed by atoms with E-state index < -0.39 is 0 Å². The molecule has 1 aromatic heterocycles. The van der Waals surface area contributed by atoms with Crippen LogP contribution in [-0.2, 0) is 6.54 Å². The molecule has 1 N–H and O–H groups in total. The molecule has 4 heterocycles. The normalized spacial score (nSPS) is 31.5. The predicted octanol–water partition coefficient (Wildman–Crippen LogP) is 0.795. The maximum Gasteiger partial charge on any atom is 0.0682 e. The van der Waals surface area contributed by atoms with Crippen molar-refractivity contribution in [3.05, 3.63) is 30.1 Å². The molecule has 2 atom stereocenters. The summed E-state index contributed by atoms with van der Waals surface area (Å²) in [4.78, 5) is 12.0. The summed E-state index contributed by atoms with van der Waals surface area (Å²) in [6, 6.07) is 5.30. The van der Waals surface area contributed by atoms with Gasteiger partial charge in [0.25, 0.3) is 0 Å². The van der Waals surface area contributed by atoms with Crippen molar-refractivity contribution in [2.24, 2.45) is 0 Å². The van der Waals surface area contributed by atoms with Gasteiger partial charge in [0, 0.05) is 63.7 Å². The molecule has 2 unspecified atom stereocenters. The van der Waals surface area contributed by atoms with Crippen LogP contribution in [-0.4, -0.2) is 81.2 Å². The zero-order valence-electron chi connectivity index (χ0n) is 14.2. The molecule has 4 rings (SSSR count). The standard InChI is InChI=1S/C18H28N4O/c1-14(2)21-12-18(13-21)11-20(8-15-4-3-5-19-7-15)9-16-6-17(23)10-22(16)18/h3-5,7,14,16-17,23H,6,8-13H2,1-2H3. The first-order valence-electron chi connectivity index (χ1n) is 8.86. The number of likely N-dealkylation sites (tertiary alicyclic amines) is 1. The summed E-state index contributed by atoms with van der Waals surface area (Å²) in [6.07, 6.45) is 4.59. The number of rotatable bonds is 3. The highest BCUT2D eigenvalue weighted by Crippen LogP contribution is 2.39. The molecule has 0 amide bonds. The van der Waals surface area contributed by atoms with E-state index >= 15 is 0 Å². The van der Waals surface area contributed by atoms with Crippen molar-refractivity contribution < 1.29 is 5.11 Å². The third-order valence-corrected chi connectivity index (χ3v) is 5.84. The van der Waals surface area contributed by atoms with Gasteiger partial charge in [0.15, 0.2) is 0 Å². The number of pyridine rings is 1. The fourth-order valence-electron chi connectivity index (χ4n) is 4.74. The summed E-state index contributed by atoms with van der Waals surface area (Å²) in [7, 11) is 0. The quantitative estimate of drug-likeness (QED) is 0.893. The SMILES string of the molecule is CC(C)N1CC2(CN(Cc3cccnc3)CC3CC(O)CN32)C1. The predicted molar refractivity (Wildman–Crippen MR) is 90.1 cm³/mol. The molecule has 1 aromatic rings. The van der Waals surface area contributed by atoms with Gasteiger partial charge in [-0.25, -0.2) is 0 Å². The second-order valence-electron chi connectivity index (χ2n) is 7.95. The summed E-state index contributed by atoms with van der Waals surface area (Å²) in [5, 5.41) is 10.2. The first-order valence-corrected chi connectivity index (χ1v) is 8.86. The van der Waals surface area contributed by atoms with Crippen LogP contribution >= 0.6 is 0 Å². The Balaban J connectivity index is 1.51. The van der Waals surface area contributed by atoms with E-state index in [0.717, 1.165) is 45.7 Å². The number of nitrogens with zero attached hydrogens (tertiary/aromatic N) is 4. The van der Waals surface area contributed by atoms with Crippen molar-refractivity contribution in [3.8, 4) is 0 Å². The molecule has 0 bridgehead atoms. The van der Waals surface area contributed by atoms with E-state index in [1.54, 1.807) is 0 Å². The molecule has 3 saturated heterocycles. The van der Waals surface area contributed by atoms with E-state index in [4.69, 9.17) is 0 Å². The molecular formula is C18H28N4O. The van der Waals surface area contributed by atoms with E-state index in [9.17, 15) is 5.11 Å². The zero-order valence-corrected chi connectivity index (χ0v) is 14.2. The number of hydrogen-bond donors (Lipinski definition) is 1. The zero-order chi connectivity index (χ0) is 16.0. The molecule has 5 nitrogen and oxygen atoms in total. The minimum atomic E-state index is -0.150. The highest BCUT2D eigenvalue weighted by molar-refractivity contribution is 5.15. The Morgan fingerprint density at radius 2 is 2.13 bits per heavy atom. The van der Waals surface area contributed by atoms with Crippen molar-refractivity contribution in [3.63, 3.8) is 0 Å². The minimum absolute atomic E-state index is 0.150. The van der Waals surface area contributed by atoms with Crippen molar-refractivity contribution in [1.82, 2.24) is 19.7 Å². The number of hydrogen-bond acceptors (Lipinski definition) is 5. The Morgan fingerprint density at radius 1 is 1.30 bits per heavy atom. The van der Waals surface area contributed by atoms with Crippen LogP contribution in [0.3, 0.4) is 0 Å². The lowest BCUT2D eigenvalue weighted by molar-refractivity contribution is -0.124. The Labute approximate surface area is 138 Å². The van der Waals surface area contributed by atoms with Crippen LogP contribution in [0.15, 0.2) is 24.5 Å². The number of fused-ring (bicyclic) bond motifs is 2. The Bertz CT molecular complexity index is 543. The third kappa shape index (κ3) is 2.80. The fourth-order valence-corrected chi connectivity index (χ4v) is 4.74. The van der Waals surface area contributed by atoms with E-state index in [-0.39, 0.29) is 11.6 Å². The summed E-state index contributed by atoms with van der Waals surface area (Å²) < 4.78 is 0. The number of aliphatic hydroxyl groups is 1. The highest BCUT2D eigenvalue weighted by atomic mass is 16.3. The molecule has 3 aliphatic heterocycles. The van der Waals surface area contributed by atoms with Crippen molar-refractivity contribution in [2.75, 3.05) is 32.7 Å². The average molecular weight is 316 g/mol. The van der Waals surface area contributed by atoms with Gasteiger partial charge in [-0.05, 0) is 31.9 Å². The molecule has 1 spiro atoms. The van der Waals surface area contributed by atoms with Gasteiger partial charge < -0.3 is 5.11 Å². The van der Waals surface area contributed by atoms with Gasteiger partial charge in [-0.3, -0.25) is 19.7 Å². The number of aliphatic hydroxyl groups excluding tert-OH is 1. The van der Waals surface area contributed by atoms with Gasteiger partial charge in [-0.2, -0.15) is 0 Å². The van der Waals surface area contributed by atoms with Crippen LogP contribution in [0, 0.1) is 0 Å². The molecule has 3 aliphatic rings. The van der Waals surface area contributed by atoms with Crippen LogP contribution in [0.5, 0.6) is 0 Å². The largest absolute Gasteiger partial charge is 0.392 e. The number of β-amino-alcohol motifs (C(OH)–C–C–N with tert-alkyl or cyclic N) is 1. The number of aromatic nitrogens is 1. The van der Waals surface area contributed by atoms with Gasteiger partial charge in [0.05, 0.1) is 11.6 Å². The van der Waals surface area contributed by atoms with E-state index in [1.165, 1.54) is 5.56 Å². The Morgan fingerprint density at radius 3 is 2.83 bits per heavy atom.